The Labute approximate surface area is 129 Å². The Hall–Kier alpha value is -2.44. The van der Waals surface area contributed by atoms with Gasteiger partial charge in [-0.2, -0.15) is 10.2 Å². The lowest BCUT2D eigenvalue weighted by molar-refractivity contribution is 0.0666. The number of anilines is 1. The number of nitrogens with zero attached hydrogens (tertiary/aromatic N) is 5. The van der Waals surface area contributed by atoms with Crippen LogP contribution < -0.4 is 5.73 Å². The maximum atomic E-state index is 12.5. The fourth-order valence-corrected chi connectivity index (χ4v) is 2.88. The first-order valence-electron chi connectivity index (χ1n) is 7.49. The predicted molar refractivity (Wildman–Crippen MR) is 82.0 cm³/mol. The number of amides is 1. The Morgan fingerprint density at radius 3 is 2.91 bits per heavy atom. The van der Waals surface area contributed by atoms with E-state index in [2.05, 4.69) is 15.3 Å². The molecular weight excluding hydrogens is 280 g/mol. The van der Waals surface area contributed by atoms with Crippen LogP contribution in [0.25, 0.3) is 0 Å². The molecule has 0 radical (unpaired) electrons. The number of piperidine rings is 1. The molecule has 0 aromatic carbocycles. The summed E-state index contributed by atoms with van der Waals surface area (Å²) in [6, 6.07) is 5.43. The standard InChI is InChI=1S/C15H20N6O/c1-20-8-6-13(19-20)15(22)21-7-2-3-11(10-21)9-12-4-5-14(16)18-17-12/h4-6,8,11H,2-3,7,9-10H2,1H3,(H2,16,18)/t11-/m1/s1. The summed E-state index contributed by atoms with van der Waals surface area (Å²) in [6.45, 7) is 1.53. The summed E-state index contributed by atoms with van der Waals surface area (Å²) in [5.74, 6) is 0.840. The van der Waals surface area contributed by atoms with Gasteiger partial charge in [-0.3, -0.25) is 9.48 Å². The van der Waals surface area contributed by atoms with Gasteiger partial charge < -0.3 is 10.6 Å². The van der Waals surface area contributed by atoms with Crippen molar-refractivity contribution in [1.82, 2.24) is 24.9 Å². The van der Waals surface area contributed by atoms with Gasteiger partial charge >= 0.3 is 0 Å². The first-order chi connectivity index (χ1) is 10.6. The quantitative estimate of drug-likeness (QED) is 0.909. The fourth-order valence-electron chi connectivity index (χ4n) is 2.88. The van der Waals surface area contributed by atoms with Crippen LogP contribution >= 0.6 is 0 Å². The van der Waals surface area contributed by atoms with Crippen molar-refractivity contribution in [3.63, 3.8) is 0 Å². The number of hydrogen-bond acceptors (Lipinski definition) is 5. The molecule has 7 nitrogen and oxygen atoms in total. The van der Waals surface area contributed by atoms with Gasteiger partial charge in [0, 0.05) is 26.3 Å². The van der Waals surface area contributed by atoms with Crippen LogP contribution in [0.15, 0.2) is 24.4 Å². The minimum absolute atomic E-state index is 0.00805. The Bertz CT molecular complexity index is 650. The van der Waals surface area contributed by atoms with Crippen LogP contribution in [0.2, 0.25) is 0 Å². The van der Waals surface area contributed by atoms with Crippen LogP contribution in [0.5, 0.6) is 0 Å². The first kappa shape index (κ1) is 14.5. The van der Waals surface area contributed by atoms with Crippen LogP contribution in [-0.4, -0.2) is 43.9 Å². The molecule has 0 spiro atoms. The molecular formula is C15H20N6O. The highest BCUT2D eigenvalue weighted by Gasteiger charge is 2.26. The molecule has 0 unspecified atom stereocenters. The Kier molecular flexibility index (Phi) is 4.04. The van der Waals surface area contributed by atoms with Gasteiger partial charge in [0.05, 0.1) is 5.69 Å². The van der Waals surface area contributed by atoms with E-state index in [0.29, 0.717) is 17.4 Å². The van der Waals surface area contributed by atoms with Crippen molar-refractivity contribution >= 4 is 11.7 Å². The maximum absolute atomic E-state index is 12.5. The smallest absolute Gasteiger partial charge is 0.274 e. The van der Waals surface area contributed by atoms with E-state index < -0.39 is 0 Å². The predicted octanol–water partition coefficient (Wildman–Crippen LogP) is 0.887. The summed E-state index contributed by atoms with van der Waals surface area (Å²) in [7, 11) is 1.82. The minimum Gasteiger partial charge on any atom is -0.382 e. The summed E-state index contributed by atoms with van der Waals surface area (Å²) in [5.41, 5.74) is 6.98. The lowest BCUT2D eigenvalue weighted by Crippen LogP contribution is -2.40. The molecule has 2 aromatic rings. The highest BCUT2D eigenvalue weighted by molar-refractivity contribution is 5.92. The molecule has 1 atom stereocenters. The van der Waals surface area contributed by atoms with E-state index in [4.69, 9.17) is 5.73 Å². The van der Waals surface area contributed by atoms with Crippen molar-refractivity contribution in [2.24, 2.45) is 13.0 Å². The Balaban J connectivity index is 1.63. The van der Waals surface area contributed by atoms with Crippen molar-refractivity contribution in [2.75, 3.05) is 18.8 Å². The fraction of sp³-hybridized carbons (Fsp3) is 0.467. The topological polar surface area (TPSA) is 89.9 Å². The molecule has 3 rings (SSSR count). The molecule has 1 fully saturated rings. The molecule has 116 valence electrons. The first-order valence-corrected chi connectivity index (χ1v) is 7.49. The Morgan fingerprint density at radius 1 is 1.36 bits per heavy atom. The second-order valence-electron chi connectivity index (χ2n) is 5.79. The molecule has 1 saturated heterocycles. The normalized spacial score (nSPS) is 18.4. The van der Waals surface area contributed by atoms with Gasteiger partial charge in [-0.25, -0.2) is 0 Å². The molecule has 2 aromatic heterocycles. The van der Waals surface area contributed by atoms with Crippen molar-refractivity contribution in [1.29, 1.82) is 0 Å². The van der Waals surface area contributed by atoms with E-state index in [1.807, 2.05) is 18.0 Å². The molecule has 2 N–H and O–H groups in total. The average Bonchev–Trinajstić information content (AvgIpc) is 2.96. The molecule has 0 bridgehead atoms. The summed E-state index contributed by atoms with van der Waals surface area (Å²) in [4.78, 5) is 14.4. The monoisotopic (exact) mass is 300 g/mol. The number of rotatable bonds is 3. The minimum atomic E-state index is 0.00805. The molecule has 7 heteroatoms. The van der Waals surface area contributed by atoms with Crippen LogP contribution in [0, 0.1) is 5.92 Å². The summed E-state index contributed by atoms with van der Waals surface area (Å²) in [5, 5.41) is 12.2. The van der Waals surface area contributed by atoms with E-state index in [1.54, 1.807) is 23.0 Å². The largest absolute Gasteiger partial charge is 0.382 e. The van der Waals surface area contributed by atoms with E-state index >= 15 is 0 Å². The molecule has 1 aliphatic rings. The zero-order chi connectivity index (χ0) is 15.5. The number of aromatic nitrogens is 4. The van der Waals surface area contributed by atoms with Gasteiger partial charge in [-0.1, -0.05) is 0 Å². The van der Waals surface area contributed by atoms with Crippen LogP contribution in [0.4, 0.5) is 5.82 Å². The van der Waals surface area contributed by atoms with Crippen molar-refractivity contribution in [3.8, 4) is 0 Å². The van der Waals surface area contributed by atoms with E-state index in [0.717, 1.165) is 38.0 Å². The zero-order valence-corrected chi connectivity index (χ0v) is 12.6. The highest BCUT2D eigenvalue weighted by atomic mass is 16.2. The zero-order valence-electron chi connectivity index (χ0n) is 12.6. The summed E-state index contributed by atoms with van der Waals surface area (Å²) < 4.78 is 1.65. The molecule has 22 heavy (non-hydrogen) atoms. The number of likely N-dealkylation sites (tertiary alicyclic amines) is 1. The van der Waals surface area contributed by atoms with Crippen LogP contribution in [0.1, 0.15) is 29.0 Å². The Morgan fingerprint density at radius 2 is 2.23 bits per heavy atom. The lowest BCUT2D eigenvalue weighted by atomic mass is 9.93. The van der Waals surface area contributed by atoms with E-state index in [1.165, 1.54) is 0 Å². The third kappa shape index (κ3) is 3.24. The third-order valence-corrected chi connectivity index (χ3v) is 3.98. The van der Waals surface area contributed by atoms with Gasteiger partial charge in [-0.15, -0.1) is 5.10 Å². The highest BCUT2D eigenvalue weighted by Crippen LogP contribution is 2.21. The van der Waals surface area contributed by atoms with E-state index in [-0.39, 0.29) is 5.91 Å². The number of nitrogens with two attached hydrogens (primary N) is 1. The molecule has 1 aliphatic heterocycles. The summed E-state index contributed by atoms with van der Waals surface area (Å²) in [6.07, 6.45) is 4.71. The van der Waals surface area contributed by atoms with Gasteiger partial charge in [-0.05, 0) is 43.4 Å². The van der Waals surface area contributed by atoms with Crippen molar-refractivity contribution in [2.45, 2.75) is 19.3 Å². The number of carbonyl (C=O) groups excluding carboxylic acids is 1. The number of hydrogen-bond donors (Lipinski definition) is 1. The number of aryl methyl sites for hydroxylation is 1. The third-order valence-electron chi connectivity index (χ3n) is 3.98. The van der Waals surface area contributed by atoms with Gasteiger partial charge in [0.2, 0.25) is 0 Å². The van der Waals surface area contributed by atoms with Gasteiger partial charge in [0.15, 0.2) is 0 Å². The van der Waals surface area contributed by atoms with Crippen LogP contribution in [0.3, 0.4) is 0 Å². The number of nitrogen functional groups attached to an aromatic ring is 1. The molecule has 0 saturated carbocycles. The lowest BCUT2D eigenvalue weighted by Gasteiger charge is -2.32. The van der Waals surface area contributed by atoms with E-state index in [9.17, 15) is 4.79 Å². The van der Waals surface area contributed by atoms with Crippen molar-refractivity contribution < 1.29 is 4.79 Å². The van der Waals surface area contributed by atoms with Gasteiger partial charge in [0.1, 0.15) is 11.5 Å². The van der Waals surface area contributed by atoms with Crippen molar-refractivity contribution in [3.05, 3.63) is 35.8 Å². The second-order valence-corrected chi connectivity index (χ2v) is 5.79. The maximum Gasteiger partial charge on any atom is 0.274 e. The molecule has 1 amide bonds. The SMILES string of the molecule is Cn1ccc(C(=O)N2CCC[C@H](Cc3ccc(N)nn3)C2)n1. The number of carbonyl (C=O) groups is 1. The molecule has 3 heterocycles. The van der Waals surface area contributed by atoms with Gasteiger partial charge in [0.25, 0.3) is 5.91 Å². The second kappa shape index (κ2) is 6.13. The average molecular weight is 300 g/mol. The molecule has 0 aliphatic carbocycles. The summed E-state index contributed by atoms with van der Waals surface area (Å²) >= 11 is 0. The van der Waals surface area contributed by atoms with Crippen LogP contribution in [-0.2, 0) is 13.5 Å².